The molecule has 1 heterocycles. The van der Waals surface area contributed by atoms with Crippen molar-refractivity contribution in [2.75, 3.05) is 0 Å². The normalized spacial score (nSPS) is 10.3. The summed E-state index contributed by atoms with van der Waals surface area (Å²) < 4.78 is 7.47. The van der Waals surface area contributed by atoms with E-state index in [-0.39, 0.29) is 0 Å². The van der Waals surface area contributed by atoms with E-state index in [9.17, 15) is 0 Å². The van der Waals surface area contributed by atoms with Gasteiger partial charge in [-0.1, -0.05) is 23.2 Å². The molecule has 0 aliphatic heterocycles. The third-order valence-electron chi connectivity index (χ3n) is 2.00. The molecule has 15 heavy (non-hydrogen) atoms. The summed E-state index contributed by atoms with van der Waals surface area (Å²) in [5, 5.41) is 1.10. The fourth-order valence-electron chi connectivity index (χ4n) is 1.22. The number of aryl methyl sites for hydroxylation is 1. The van der Waals surface area contributed by atoms with Crippen molar-refractivity contribution in [3.8, 4) is 11.6 Å². The van der Waals surface area contributed by atoms with Gasteiger partial charge in [0, 0.05) is 24.3 Å². The lowest BCUT2D eigenvalue weighted by molar-refractivity contribution is 0.443. The van der Waals surface area contributed by atoms with Gasteiger partial charge >= 0.3 is 0 Å². The molecule has 0 spiro atoms. The fourth-order valence-corrected chi connectivity index (χ4v) is 1.67. The molecule has 2 aromatic rings. The highest BCUT2D eigenvalue weighted by molar-refractivity contribution is 6.35. The molecule has 0 amide bonds. The second kappa shape index (κ2) is 4.17. The average molecular weight is 242 g/mol. The van der Waals surface area contributed by atoms with E-state index >= 15 is 0 Å². The maximum absolute atomic E-state index is 5.98. The summed E-state index contributed by atoms with van der Waals surface area (Å²) in [6, 6.07) is 8.91. The maximum atomic E-state index is 5.98. The van der Waals surface area contributed by atoms with Gasteiger partial charge in [0.1, 0.15) is 5.75 Å². The Bertz CT molecular complexity index is 479. The van der Waals surface area contributed by atoms with Crippen molar-refractivity contribution in [2.45, 2.75) is 0 Å². The van der Waals surface area contributed by atoms with Gasteiger partial charge < -0.3 is 9.30 Å². The molecule has 0 N–H and O–H groups in total. The first kappa shape index (κ1) is 10.4. The van der Waals surface area contributed by atoms with Crippen LogP contribution in [0.3, 0.4) is 0 Å². The van der Waals surface area contributed by atoms with Crippen LogP contribution >= 0.6 is 23.2 Å². The van der Waals surface area contributed by atoms with Crippen molar-refractivity contribution in [3.63, 3.8) is 0 Å². The Morgan fingerprint density at radius 1 is 1.20 bits per heavy atom. The number of benzene rings is 1. The standard InChI is InChI=1S/C11H9Cl2NO/c1-14-6-2-3-11(14)15-10-5-4-8(12)7-9(10)13/h2-7H,1H3. The van der Waals surface area contributed by atoms with Crippen LogP contribution in [0.4, 0.5) is 0 Å². The van der Waals surface area contributed by atoms with Crippen molar-refractivity contribution in [2.24, 2.45) is 7.05 Å². The van der Waals surface area contributed by atoms with Crippen molar-refractivity contribution in [1.82, 2.24) is 4.57 Å². The van der Waals surface area contributed by atoms with Crippen LogP contribution in [0.25, 0.3) is 0 Å². The summed E-state index contributed by atoms with van der Waals surface area (Å²) in [5.41, 5.74) is 0. The van der Waals surface area contributed by atoms with Crippen LogP contribution < -0.4 is 4.74 Å². The van der Waals surface area contributed by atoms with Crippen molar-refractivity contribution in [3.05, 3.63) is 46.6 Å². The number of hydrogen-bond donors (Lipinski definition) is 0. The van der Waals surface area contributed by atoms with Crippen LogP contribution in [0, 0.1) is 0 Å². The van der Waals surface area contributed by atoms with Crippen LogP contribution in [-0.2, 0) is 7.05 Å². The third kappa shape index (κ3) is 2.28. The summed E-state index contributed by atoms with van der Waals surface area (Å²) in [7, 11) is 1.90. The van der Waals surface area contributed by atoms with Gasteiger partial charge in [0.05, 0.1) is 5.02 Å². The Labute approximate surface area is 98.0 Å². The van der Waals surface area contributed by atoms with Crippen LogP contribution in [0.1, 0.15) is 0 Å². The Kier molecular flexibility index (Phi) is 2.89. The van der Waals surface area contributed by atoms with Crippen LogP contribution in [-0.4, -0.2) is 4.57 Å². The molecule has 1 aromatic heterocycles. The minimum atomic E-state index is 0.503. The topological polar surface area (TPSA) is 14.2 Å². The van der Waals surface area contributed by atoms with Gasteiger partial charge in [-0.2, -0.15) is 0 Å². The van der Waals surface area contributed by atoms with Gasteiger partial charge in [0.15, 0.2) is 5.88 Å². The molecular formula is C11H9Cl2NO. The van der Waals surface area contributed by atoms with E-state index in [1.165, 1.54) is 0 Å². The van der Waals surface area contributed by atoms with Gasteiger partial charge in [-0.05, 0) is 24.3 Å². The first-order valence-corrected chi connectivity index (χ1v) is 5.16. The highest BCUT2D eigenvalue weighted by atomic mass is 35.5. The number of rotatable bonds is 2. The average Bonchev–Trinajstić information content (AvgIpc) is 2.57. The largest absolute Gasteiger partial charge is 0.439 e. The predicted molar refractivity (Wildman–Crippen MR) is 61.9 cm³/mol. The Hall–Kier alpha value is -1.12. The summed E-state index contributed by atoms with van der Waals surface area (Å²) in [4.78, 5) is 0. The molecule has 2 rings (SSSR count). The zero-order valence-electron chi connectivity index (χ0n) is 8.08. The number of ether oxygens (including phenoxy) is 1. The predicted octanol–water partition coefficient (Wildman–Crippen LogP) is 4.12. The van der Waals surface area contributed by atoms with E-state index in [0.717, 1.165) is 5.88 Å². The van der Waals surface area contributed by atoms with E-state index in [0.29, 0.717) is 15.8 Å². The van der Waals surface area contributed by atoms with Crippen LogP contribution in [0.15, 0.2) is 36.5 Å². The molecule has 0 saturated carbocycles. The monoisotopic (exact) mass is 241 g/mol. The second-order valence-electron chi connectivity index (χ2n) is 3.13. The lowest BCUT2D eigenvalue weighted by atomic mass is 10.3. The van der Waals surface area contributed by atoms with E-state index < -0.39 is 0 Å². The van der Waals surface area contributed by atoms with Crippen LogP contribution in [0.5, 0.6) is 11.6 Å². The highest BCUT2D eigenvalue weighted by Crippen LogP contribution is 2.31. The highest BCUT2D eigenvalue weighted by Gasteiger charge is 2.05. The molecule has 2 nitrogen and oxygen atoms in total. The second-order valence-corrected chi connectivity index (χ2v) is 3.98. The van der Waals surface area contributed by atoms with E-state index in [1.54, 1.807) is 18.2 Å². The van der Waals surface area contributed by atoms with Gasteiger partial charge in [-0.15, -0.1) is 0 Å². The number of halogens is 2. The van der Waals surface area contributed by atoms with Crippen LogP contribution in [0.2, 0.25) is 10.0 Å². The molecule has 0 bridgehead atoms. The lowest BCUT2D eigenvalue weighted by Crippen LogP contribution is -1.92. The van der Waals surface area contributed by atoms with E-state index in [2.05, 4.69) is 0 Å². The van der Waals surface area contributed by atoms with Crippen molar-refractivity contribution >= 4 is 23.2 Å². The molecule has 0 atom stereocenters. The SMILES string of the molecule is Cn1cccc1Oc1ccc(Cl)cc1Cl. The molecule has 0 saturated heterocycles. The number of hydrogen-bond acceptors (Lipinski definition) is 1. The molecule has 0 aliphatic carbocycles. The van der Waals surface area contributed by atoms with Gasteiger partial charge in [-0.3, -0.25) is 0 Å². The fraction of sp³-hybridized carbons (Fsp3) is 0.0909. The summed E-state index contributed by atoms with van der Waals surface area (Å²) in [6.45, 7) is 0. The molecular weight excluding hydrogens is 233 g/mol. The Morgan fingerprint density at radius 3 is 2.60 bits per heavy atom. The minimum absolute atomic E-state index is 0.503. The summed E-state index contributed by atoms with van der Waals surface area (Å²) >= 11 is 11.8. The first-order valence-electron chi connectivity index (χ1n) is 4.41. The number of nitrogens with zero attached hydrogens (tertiary/aromatic N) is 1. The van der Waals surface area contributed by atoms with Gasteiger partial charge in [-0.25, -0.2) is 0 Å². The van der Waals surface area contributed by atoms with Gasteiger partial charge in [0.25, 0.3) is 0 Å². The Morgan fingerprint density at radius 2 is 2.00 bits per heavy atom. The zero-order chi connectivity index (χ0) is 10.8. The Balaban J connectivity index is 2.29. The summed E-state index contributed by atoms with van der Waals surface area (Å²) in [6.07, 6.45) is 1.90. The van der Waals surface area contributed by atoms with Crippen molar-refractivity contribution < 1.29 is 4.74 Å². The molecule has 0 aliphatic rings. The lowest BCUT2D eigenvalue weighted by Gasteiger charge is -2.08. The quantitative estimate of drug-likeness (QED) is 0.772. The van der Waals surface area contributed by atoms with Crippen molar-refractivity contribution in [1.29, 1.82) is 0 Å². The van der Waals surface area contributed by atoms with Gasteiger partial charge in [0.2, 0.25) is 0 Å². The molecule has 0 radical (unpaired) electrons. The minimum Gasteiger partial charge on any atom is -0.439 e. The third-order valence-corrected chi connectivity index (χ3v) is 2.54. The molecule has 4 heteroatoms. The molecule has 0 unspecified atom stereocenters. The van der Waals surface area contributed by atoms with E-state index in [4.69, 9.17) is 27.9 Å². The molecule has 0 fully saturated rings. The smallest absolute Gasteiger partial charge is 0.199 e. The molecule has 78 valence electrons. The number of aromatic nitrogens is 1. The zero-order valence-corrected chi connectivity index (χ0v) is 9.59. The molecule has 1 aromatic carbocycles. The maximum Gasteiger partial charge on any atom is 0.199 e. The first-order chi connectivity index (χ1) is 7.16. The summed E-state index contributed by atoms with van der Waals surface area (Å²) in [5.74, 6) is 1.34. The van der Waals surface area contributed by atoms with E-state index in [1.807, 2.05) is 29.9 Å².